The Hall–Kier alpha value is -2.70. The van der Waals surface area contributed by atoms with Crippen LogP contribution in [0.15, 0.2) is 48.5 Å². The summed E-state index contributed by atoms with van der Waals surface area (Å²) in [5.41, 5.74) is 4.20. The zero-order chi connectivity index (χ0) is 22.4. The van der Waals surface area contributed by atoms with Gasteiger partial charge in [-0.15, -0.1) is 0 Å². The molecule has 2 amide bonds. The van der Waals surface area contributed by atoms with Crippen LogP contribution in [0, 0.1) is 13.8 Å². The molecule has 31 heavy (non-hydrogen) atoms. The fourth-order valence-electron chi connectivity index (χ4n) is 3.97. The monoisotopic (exact) mass is 422 g/mol. The van der Waals surface area contributed by atoms with Crippen molar-refractivity contribution in [3.63, 3.8) is 0 Å². The van der Waals surface area contributed by atoms with Crippen LogP contribution in [0.2, 0.25) is 0 Å². The first-order valence-electron chi connectivity index (χ1n) is 11.0. The molecule has 2 aromatic carbocycles. The minimum atomic E-state index is 0.0124. The Balaban J connectivity index is 1.44. The zero-order valence-corrected chi connectivity index (χ0v) is 19.1. The molecule has 0 radical (unpaired) electrons. The molecule has 3 rings (SSSR count). The summed E-state index contributed by atoms with van der Waals surface area (Å²) in [6, 6.07) is 16.2. The molecule has 1 N–H and O–H groups in total. The normalized spacial score (nSPS) is 16.0. The lowest BCUT2D eigenvalue weighted by Crippen LogP contribution is -2.51. The number of anilines is 1. The predicted octanol–water partition coefficient (Wildman–Crippen LogP) is 3.08. The maximum Gasteiger partial charge on any atom is 0.238 e. The minimum Gasteiger partial charge on any atom is -0.338 e. The van der Waals surface area contributed by atoms with Crippen LogP contribution in [0.3, 0.4) is 0 Å². The van der Waals surface area contributed by atoms with Crippen LogP contribution >= 0.6 is 0 Å². The maximum absolute atomic E-state index is 12.8. The summed E-state index contributed by atoms with van der Waals surface area (Å²) in [6.45, 7) is 10.0. The number of amides is 2. The van der Waals surface area contributed by atoms with Gasteiger partial charge in [-0.1, -0.05) is 48.5 Å². The van der Waals surface area contributed by atoms with E-state index in [4.69, 9.17) is 0 Å². The fourth-order valence-corrected chi connectivity index (χ4v) is 3.97. The quantitative estimate of drug-likeness (QED) is 0.745. The number of piperazine rings is 1. The summed E-state index contributed by atoms with van der Waals surface area (Å²) in [5, 5.41) is 3.06. The third-order valence-corrected chi connectivity index (χ3v) is 6.19. The van der Waals surface area contributed by atoms with Crippen LogP contribution in [0.5, 0.6) is 0 Å². The summed E-state index contributed by atoms with van der Waals surface area (Å²) < 4.78 is 0. The second-order valence-corrected chi connectivity index (χ2v) is 8.46. The van der Waals surface area contributed by atoms with E-state index < -0.39 is 0 Å². The standard InChI is InChI=1S/C25H34N4O2/c1-19-9-8-10-20(2)25(19)26-23(30)17-28-13-15-29(16-14-28)18-24(31)27(4)21(3)22-11-6-5-7-12-22/h5-12,21H,13-18H2,1-4H3,(H,26,30)/t21-/m1/s1. The number of aryl methyl sites for hydroxylation is 2. The number of carbonyl (C=O) groups is 2. The molecular weight excluding hydrogens is 388 g/mol. The van der Waals surface area contributed by atoms with Crippen molar-refractivity contribution in [1.29, 1.82) is 0 Å². The Morgan fingerprint density at radius 2 is 1.45 bits per heavy atom. The van der Waals surface area contributed by atoms with Crippen molar-refractivity contribution in [3.8, 4) is 0 Å². The summed E-state index contributed by atoms with van der Waals surface area (Å²) in [4.78, 5) is 31.4. The number of para-hydroxylation sites is 1. The summed E-state index contributed by atoms with van der Waals surface area (Å²) in [7, 11) is 1.87. The number of likely N-dealkylation sites (N-methyl/N-ethyl adjacent to an activating group) is 1. The molecule has 0 aliphatic carbocycles. The van der Waals surface area contributed by atoms with Gasteiger partial charge in [-0.05, 0) is 37.5 Å². The average Bonchev–Trinajstić information content (AvgIpc) is 2.77. The average molecular weight is 423 g/mol. The molecule has 2 aromatic rings. The Labute approximate surface area is 185 Å². The van der Waals surface area contributed by atoms with E-state index in [1.54, 1.807) is 0 Å². The van der Waals surface area contributed by atoms with Gasteiger partial charge < -0.3 is 10.2 Å². The summed E-state index contributed by atoms with van der Waals surface area (Å²) in [6.07, 6.45) is 0. The molecule has 1 saturated heterocycles. The van der Waals surface area contributed by atoms with Gasteiger partial charge in [-0.25, -0.2) is 0 Å². The van der Waals surface area contributed by atoms with Gasteiger partial charge in [0.15, 0.2) is 0 Å². The lowest BCUT2D eigenvalue weighted by molar-refractivity contribution is -0.133. The highest BCUT2D eigenvalue weighted by atomic mass is 16.2. The number of nitrogens with zero attached hydrogens (tertiary/aromatic N) is 3. The van der Waals surface area contributed by atoms with Crippen LogP contribution in [0.25, 0.3) is 0 Å². The Morgan fingerprint density at radius 3 is 2.03 bits per heavy atom. The largest absolute Gasteiger partial charge is 0.338 e. The molecule has 0 unspecified atom stereocenters. The third kappa shape index (κ3) is 6.15. The molecule has 0 bridgehead atoms. The van der Waals surface area contributed by atoms with Crippen molar-refractivity contribution in [3.05, 3.63) is 65.2 Å². The highest BCUT2D eigenvalue weighted by Gasteiger charge is 2.24. The van der Waals surface area contributed by atoms with Crippen molar-refractivity contribution >= 4 is 17.5 Å². The van der Waals surface area contributed by atoms with E-state index >= 15 is 0 Å². The van der Waals surface area contributed by atoms with E-state index in [0.717, 1.165) is 48.6 Å². The molecule has 1 heterocycles. The molecular formula is C25H34N4O2. The molecule has 1 fully saturated rings. The highest BCUT2D eigenvalue weighted by Crippen LogP contribution is 2.20. The molecule has 1 atom stereocenters. The van der Waals surface area contributed by atoms with Crippen LogP contribution in [-0.2, 0) is 9.59 Å². The van der Waals surface area contributed by atoms with E-state index in [-0.39, 0.29) is 17.9 Å². The molecule has 1 aliphatic heterocycles. The van der Waals surface area contributed by atoms with Gasteiger partial charge >= 0.3 is 0 Å². The predicted molar refractivity (Wildman–Crippen MR) is 125 cm³/mol. The molecule has 166 valence electrons. The first kappa shape index (κ1) is 23.0. The molecule has 0 saturated carbocycles. The van der Waals surface area contributed by atoms with E-state index in [1.807, 2.05) is 62.2 Å². The lowest BCUT2D eigenvalue weighted by atomic mass is 10.1. The van der Waals surface area contributed by atoms with Crippen LogP contribution in [0.4, 0.5) is 5.69 Å². The van der Waals surface area contributed by atoms with Crippen molar-refractivity contribution < 1.29 is 9.59 Å². The van der Waals surface area contributed by atoms with Gasteiger partial charge in [-0.2, -0.15) is 0 Å². The Morgan fingerprint density at radius 1 is 0.903 bits per heavy atom. The van der Waals surface area contributed by atoms with Gasteiger partial charge in [0.25, 0.3) is 0 Å². The molecule has 0 spiro atoms. The van der Waals surface area contributed by atoms with Gasteiger partial charge in [0.1, 0.15) is 0 Å². The number of hydrogen-bond donors (Lipinski definition) is 1. The highest BCUT2D eigenvalue weighted by molar-refractivity contribution is 5.93. The molecule has 6 heteroatoms. The number of benzene rings is 2. The van der Waals surface area contributed by atoms with Crippen molar-refractivity contribution in [2.75, 3.05) is 51.6 Å². The van der Waals surface area contributed by atoms with Crippen molar-refractivity contribution in [1.82, 2.24) is 14.7 Å². The van der Waals surface area contributed by atoms with Crippen LogP contribution in [0.1, 0.15) is 29.7 Å². The van der Waals surface area contributed by atoms with Crippen LogP contribution in [-0.4, -0.2) is 72.8 Å². The SMILES string of the molecule is Cc1cccc(C)c1NC(=O)CN1CCN(CC(=O)N(C)[C@H](C)c2ccccc2)CC1. The number of rotatable bonds is 7. The fraction of sp³-hybridized carbons (Fsp3) is 0.440. The number of nitrogens with one attached hydrogen (secondary N) is 1. The summed E-state index contributed by atoms with van der Waals surface area (Å²) >= 11 is 0. The topological polar surface area (TPSA) is 55.9 Å². The third-order valence-electron chi connectivity index (χ3n) is 6.19. The van der Waals surface area contributed by atoms with Crippen molar-refractivity contribution in [2.24, 2.45) is 0 Å². The van der Waals surface area contributed by atoms with E-state index in [1.165, 1.54) is 0 Å². The smallest absolute Gasteiger partial charge is 0.238 e. The lowest BCUT2D eigenvalue weighted by Gasteiger charge is -2.35. The second-order valence-electron chi connectivity index (χ2n) is 8.46. The van der Waals surface area contributed by atoms with Gasteiger partial charge in [0.05, 0.1) is 19.1 Å². The Bertz CT molecular complexity index is 871. The van der Waals surface area contributed by atoms with Gasteiger partial charge in [0.2, 0.25) is 11.8 Å². The van der Waals surface area contributed by atoms with Gasteiger partial charge in [0, 0.05) is 38.9 Å². The van der Waals surface area contributed by atoms with Crippen molar-refractivity contribution in [2.45, 2.75) is 26.8 Å². The number of hydrogen-bond acceptors (Lipinski definition) is 4. The minimum absolute atomic E-state index is 0.0124. The van der Waals surface area contributed by atoms with E-state index in [0.29, 0.717) is 13.1 Å². The molecule has 0 aromatic heterocycles. The maximum atomic E-state index is 12.8. The Kier molecular flexibility index (Phi) is 7.82. The second kappa shape index (κ2) is 10.6. The molecule has 6 nitrogen and oxygen atoms in total. The zero-order valence-electron chi connectivity index (χ0n) is 19.1. The first-order chi connectivity index (χ1) is 14.8. The summed E-state index contributed by atoms with van der Waals surface area (Å²) in [5.74, 6) is 0.135. The van der Waals surface area contributed by atoms with Gasteiger partial charge in [-0.3, -0.25) is 19.4 Å². The molecule has 1 aliphatic rings. The van der Waals surface area contributed by atoms with E-state index in [2.05, 4.69) is 34.2 Å². The number of carbonyl (C=O) groups excluding carboxylic acids is 2. The first-order valence-corrected chi connectivity index (χ1v) is 11.0. The van der Waals surface area contributed by atoms with Crippen LogP contribution < -0.4 is 5.32 Å². The van der Waals surface area contributed by atoms with E-state index in [9.17, 15) is 9.59 Å².